The van der Waals surface area contributed by atoms with Crippen LogP contribution in [0.4, 0.5) is 5.69 Å². The molecule has 1 heterocycles. The molecule has 3 rings (SSSR count). The Morgan fingerprint density at radius 3 is 2.72 bits per heavy atom. The van der Waals surface area contributed by atoms with E-state index >= 15 is 0 Å². The van der Waals surface area contributed by atoms with Crippen molar-refractivity contribution >= 4 is 50.1 Å². The Bertz CT molecular complexity index is 971. The molecule has 0 fully saturated rings. The minimum atomic E-state index is 0.493. The van der Waals surface area contributed by atoms with E-state index in [2.05, 4.69) is 32.3 Å². The minimum absolute atomic E-state index is 0.493. The van der Waals surface area contributed by atoms with Gasteiger partial charge in [-0.1, -0.05) is 39.7 Å². The highest BCUT2D eigenvalue weighted by atomic mass is 79.9. The number of nitrogens with zero attached hydrogens (tertiary/aromatic N) is 2. The Morgan fingerprint density at radius 1 is 1.28 bits per heavy atom. The van der Waals surface area contributed by atoms with Gasteiger partial charge in [0, 0.05) is 32.3 Å². The van der Waals surface area contributed by atoms with Gasteiger partial charge in [-0.2, -0.15) is 5.26 Å². The number of hydrogen-bond donors (Lipinski definition) is 1. The van der Waals surface area contributed by atoms with E-state index in [0.29, 0.717) is 15.6 Å². The van der Waals surface area contributed by atoms with E-state index in [9.17, 15) is 5.26 Å². The minimum Gasteiger partial charge on any atom is -0.360 e. The molecule has 0 spiro atoms. The topological polar surface area (TPSA) is 48.7 Å². The first kappa shape index (κ1) is 17.7. The Kier molecular flexibility index (Phi) is 5.54. The van der Waals surface area contributed by atoms with Crippen LogP contribution >= 0.6 is 38.9 Å². The zero-order valence-corrected chi connectivity index (χ0v) is 16.4. The van der Waals surface area contributed by atoms with E-state index in [-0.39, 0.29) is 0 Å². The lowest BCUT2D eigenvalue weighted by Gasteiger charge is -2.06. The fourth-order valence-corrected chi connectivity index (χ4v) is 3.63. The summed E-state index contributed by atoms with van der Waals surface area (Å²) in [6, 6.07) is 15.6. The number of allylic oxidation sites excluding steroid dienone is 1. The van der Waals surface area contributed by atoms with Crippen LogP contribution in [0, 0.1) is 18.3 Å². The quantitative estimate of drug-likeness (QED) is 0.480. The summed E-state index contributed by atoms with van der Waals surface area (Å²) in [6.45, 7) is 2.01. The van der Waals surface area contributed by atoms with Crippen LogP contribution in [-0.2, 0) is 0 Å². The van der Waals surface area contributed by atoms with Gasteiger partial charge in [0.15, 0.2) is 0 Å². The van der Waals surface area contributed by atoms with E-state index < -0.39 is 0 Å². The zero-order chi connectivity index (χ0) is 17.8. The first-order chi connectivity index (χ1) is 12.1. The normalized spacial score (nSPS) is 11.2. The van der Waals surface area contributed by atoms with Crippen molar-refractivity contribution in [1.82, 2.24) is 4.98 Å². The van der Waals surface area contributed by atoms with Crippen molar-refractivity contribution in [1.29, 1.82) is 5.26 Å². The second kappa shape index (κ2) is 7.83. The zero-order valence-electron chi connectivity index (χ0n) is 13.3. The molecule has 1 aromatic heterocycles. The molecule has 3 nitrogen and oxygen atoms in total. The maximum Gasteiger partial charge on any atom is 0.136 e. The largest absolute Gasteiger partial charge is 0.360 e. The Balaban J connectivity index is 1.84. The van der Waals surface area contributed by atoms with E-state index in [4.69, 9.17) is 11.6 Å². The van der Waals surface area contributed by atoms with Crippen molar-refractivity contribution in [2.75, 3.05) is 5.32 Å². The van der Waals surface area contributed by atoms with Gasteiger partial charge in [0.25, 0.3) is 0 Å². The second-order valence-corrected chi connectivity index (χ2v) is 7.53. The van der Waals surface area contributed by atoms with Crippen LogP contribution in [0.25, 0.3) is 16.8 Å². The number of benzene rings is 2. The molecule has 0 radical (unpaired) electrons. The molecule has 0 aliphatic carbocycles. The number of nitrogens with one attached hydrogen (secondary N) is 1. The highest BCUT2D eigenvalue weighted by molar-refractivity contribution is 9.10. The van der Waals surface area contributed by atoms with Crippen LogP contribution in [0.1, 0.15) is 10.6 Å². The maximum atomic E-state index is 9.47. The van der Waals surface area contributed by atoms with Crippen molar-refractivity contribution in [2.45, 2.75) is 6.92 Å². The highest BCUT2D eigenvalue weighted by Gasteiger charge is 2.09. The molecule has 6 heteroatoms. The van der Waals surface area contributed by atoms with Gasteiger partial charge in [0.1, 0.15) is 16.6 Å². The third-order valence-corrected chi connectivity index (χ3v) is 5.18. The average molecular weight is 431 g/mol. The highest BCUT2D eigenvalue weighted by Crippen LogP contribution is 2.27. The van der Waals surface area contributed by atoms with Gasteiger partial charge in [-0.3, -0.25) is 0 Å². The number of nitriles is 1. The number of hydrogen-bond acceptors (Lipinski definition) is 4. The molecule has 0 bridgehead atoms. The summed E-state index contributed by atoms with van der Waals surface area (Å²) in [7, 11) is 0. The summed E-state index contributed by atoms with van der Waals surface area (Å²) >= 11 is 10.8. The number of halogens is 2. The summed E-state index contributed by atoms with van der Waals surface area (Å²) in [4.78, 5) is 4.57. The summed E-state index contributed by atoms with van der Waals surface area (Å²) in [5, 5.41) is 16.0. The molecule has 3 aromatic rings. The van der Waals surface area contributed by atoms with E-state index in [1.807, 2.05) is 54.8 Å². The lowest BCUT2D eigenvalue weighted by atomic mass is 10.2. The van der Waals surface area contributed by atoms with Crippen molar-refractivity contribution in [3.05, 3.63) is 74.1 Å². The van der Waals surface area contributed by atoms with Crippen LogP contribution in [0.15, 0.2) is 58.5 Å². The van der Waals surface area contributed by atoms with Crippen LogP contribution in [0.3, 0.4) is 0 Å². The van der Waals surface area contributed by atoms with Crippen LogP contribution in [0.2, 0.25) is 5.02 Å². The lowest BCUT2D eigenvalue weighted by molar-refractivity contribution is 1.36. The molecule has 0 aliphatic rings. The smallest absolute Gasteiger partial charge is 0.136 e. The van der Waals surface area contributed by atoms with Crippen LogP contribution < -0.4 is 5.32 Å². The SMILES string of the molecule is Cc1cc(Br)ccc1NC=C(C#N)c1nc(-c2ccc(Cl)cc2)cs1. The Hall–Kier alpha value is -2.13. The van der Waals surface area contributed by atoms with Gasteiger partial charge in [-0.15, -0.1) is 11.3 Å². The van der Waals surface area contributed by atoms with Gasteiger partial charge in [-0.25, -0.2) is 4.98 Å². The monoisotopic (exact) mass is 429 g/mol. The summed E-state index contributed by atoms with van der Waals surface area (Å²) in [5.74, 6) is 0. The molecular formula is C19H13BrClN3S. The van der Waals surface area contributed by atoms with Crippen LogP contribution in [-0.4, -0.2) is 4.98 Å². The maximum absolute atomic E-state index is 9.47. The molecule has 0 unspecified atom stereocenters. The molecule has 1 N–H and O–H groups in total. The first-order valence-corrected chi connectivity index (χ1v) is 9.46. The van der Waals surface area contributed by atoms with Gasteiger partial charge in [0.2, 0.25) is 0 Å². The standard InChI is InChI=1S/C19H13BrClN3S/c1-12-8-15(20)4-7-17(12)23-10-14(9-22)19-24-18(11-25-19)13-2-5-16(21)6-3-13/h2-8,10-11,23H,1H3. The Morgan fingerprint density at radius 2 is 2.04 bits per heavy atom. The van der Waals surface area contributed by atoms with Gasteiger partial charge in [-0.05, 0) is 42.8 Å². The van der Waals surface area contributed by atoms with E-state index in [0.717, 1.165) is 27.0 Å². The predicted molar refractivity (Wildman–Crippen MR) is 109 cm³/mol. The average Bonchev–Trinajstić information content (AvgIpc) is 3.07. The molecule has 0 aliphatic heterocycles. The van der Waals surface area contributed by atoms with E-state index in [1.54, 1.807) is 6.20 Å². The summed E-state index contributed by atoms with van der Waals surface area (Å²) in [6.07, 6.45) is 1.70. The number of rotatable bonds is 4. The molecule has 0 saturated carbocycles. The van der Waals surface area contributed by atoms with E-state index in [1.165, 1.54) is 11.3 Å². The molecule has 2 aromatic carbocycles. The number of thiazole rings is 1. The van der Waals surface area contributed by atoms with Crippen molar-refractivity contribution < 1.29 is 0 Å². The molecule has 0 amide bonds. The Labute approximate surface area is 163 Å². The lowest BCUT2D eigenvalue weighted by Crippen LogP contribution is -1.93. The third-order valence-electron chi connectivity index (χ3n) is 3.56. The predicted octanol–water partition coefficient (Wildman–Crippen LogP) is 6.51. The molecule has 25 heavy (non-hydrogen) atoms. The van der Waals surface area contributed by atoms with Gasteiger partial charge in [0.05, 0.1) is 5.69 Å². The molecule has 124 valence electrons. The fraction of sp³-hybridized carbons (Fsp3) is 0.0526. The molecule has 0 atom stereocenters. The fourth-order valence-electron chi connectivity index (χ4n) is 2.23. The number of anilines is 1. The number of aryl methyl sites for hydroxylation is 1. The number of aromatic nitrogens is 1. The molecule has 0 saturated heterocycles. The van der Waals surface area contributed by atoms with Gasteiger partial charge < -0.3 is 5.32 Å². The first-order valence-electron chi connectivity index (χ1n) is 7.41. The third kappa shape index (κ3) is 4.29. The van der Waals surface area contributed by atoms with Gasteiger partial charge >= 0.3 is 0 Å². The molecular weight excluding hydrogens is 418 g/mol. The summed E-state index contributed by atoms with van der Waals surface area (Å²) in [5.41, 5.74) is 4.33. The van der Waals surface area contributed by atoms with Crippen molar-refractivity contribution in [2.24, 2.45) is 0 Å². The van der Waals surface area contributed by atoms with Crippen LogP contribution in [0.5, 0.6) is 0 Å². The second-order valence-electron chi connectivity index (χ2n) is 5.32. The van der Waals surface area contributed by atoms with Crippen molar-refractivity contribution in [3.8, 4) is 17.3 Å². The van der Waals surface area contributed by atoms with Crippen molar-refractivity contribution in [3.63, 3.8) is 0 Å². The summed E-state index contributed by atoms with van der Waals surface area (Å²) < 4.78 is 1.02.